The average molecular weight is 433 g/mol. The van der Waals surface area contributed by atoms with Crippen molar-refractivity contribution >= 4 is 11.9 Å². The number of carbonyl (C=O) groups is 2. The molecule has 174 valence electrons. The number of carbonyl (C=O) groups excluding carboxylic acids is 2. The lowest BCUT2D eigenvalue weighted by molar-refractivity contribution is -0.159. The fraction of sp³-hybridized carbons (Fsp3) is 0.846. The van der Waals surface area contributed by atoms with Crippen molar-refractivity contribution in [1.29, 1.82) is 0 Å². The molecule has 8 atom stereocenters. The van der Waals surface area contributed by atoms with Crippen LogP contribution in [0.1, 0.15) is 86.0 Å². The molecule has 0 saturated heterocycles. The lowest BCUT2D eigenvalue weighted by Crippen LogP contribution is -2.54. The Labute approximate surface area is 186 Å². The highest BCUT2D eigenvalue weighted by molar-refractivity contribution is 5.66. The topological polar surface area (TPSA) is 72.8 Å². The van der Waals surface area contributed by atoms with Gasteiger partial charge in [0.1, 0.15) is 12.7 Å². The van der Waals surface area contributed by atoms with Crippen molar-refractivity contribution in [3.8, 4) is 0 Å². The summed E-state index contributed by atoms with van der Waals surface area (Å²) in [5, 5.41) is 11.3. The van der Waals surface area contributed by atoms with Crippen LogP contribution in [0.5, 0.6) is 0 Å². The second-order valence-electron chi connectivity index (χ2n) is 11.5. The first-order chi connectivity index (χ1) is 14.5. The molecule has 3 saturated carbocycles. The number of esters is 2. The van der Waals surface area contributed by atoms with E-state index < -0.39 is 5.60 Å². The lowest BCUT2D eigenvalue weighted by Gasteiger charge is -2.58. The predicted octanol–water partition coefficient (Wildman–Crippen LogP) is 4.81. The Morgan fingerprint density at radius 2 is 1.84 bits per heavy atom. The zero-order valence-corrected chi connectivity index (χ0v) is 19.9. The molecule has 31 heavy (non-hydrogen) atoms. The molecule has 0 heterocycles. The summed E-state index contributed by atoms with van der Waals surface area (Å²) in [4.78, 5) is 22.8. The average Bonchev–Trinajstić information content (AvgIpc) is 3.04. The molecule has 0 aliphatic heterocycles. The minimum atomic E-state index is -0.982. The first-order valence-corrected chi connectivity index (χ1v) is 12.2. The Kier molecular flexibility index (Phi) is 5.81. The van der Waals surface area contributed by atoms with Gasteiger partial charge in [0.2, 0.25) is 0 Å². The molecule has 0 amide bonds. The van der Waals surface area contributed by atoms with E-state index in [4.69, 9.17) is 9.47 Å². The van der Waals surface area contributed by atoms with Crippen molar-refractivity contribution < 1.29 is 24.2 Å². The van der Waals surface area contributed by atoms with E-state index in [-0.39, 0.29) is 41.4 Å². The number of allylic oxidation sites excluding steroid dienone is 1. The summed E-state index contributed by atoms with van der Waals surface area (Å²) in [5.74, 6) is 1.57. The van der Waals surface area contributed by atoms with Crippen LogP contribution in [0.25, 0.3) is 0 Å². The molecule has 0 spiro atoms. The van der Waals surface area contributed by atoms with E-state index in [0.717, 1.165) is 44.9 Å². The van der Waals surface area contributed by atoms with Crippen molar-refractivity contribution in [3.63, 3.8) is 0 Å². The van der Waals surface area contributed by atoms with E-state index in [2.05, 4.69) is 19.9 Å². The predicted molar refractivity (Wildman–Crippen MR) is 118 cm³/mol. The second kappa shape index (κ2) is 7.90. The number of ether oxygens (including phenoxy) is 2. The van der Waals surface area contributed by atoms with Gasteiger partial charge in [-0.25, -0.2) is 0 Å². The molecular weight excluding hydrogens is 392 g/mol. The van der Waals surface area contributed by atoms with Crippen molar-refractivity contribution in [2.45, 2.75) is 97.7 Å². The largest absolute Gasteiger partial charge is 0.463 e. The third-order valence-electron chi connectivity index (χ3n) is 9.71. The van der Waals surface area contributed by atoms with Gasteiger partial charge in [0.15, 0.2) is 0 Å². The van der Waals surface area contributed by atoms with E-state index in [1.54, 1.807) is 0 Å². The van der Waals surface area contributed by atoms with E-state index in [1.807, 2.05) is 6.92 Å². The number of fused-ring (bicyclic) bond motifs is 5. The van der Waals surface area contributed by atoms with Crippen LogP contribution < -0.4 is 0 Å². The molecule has 0 bridgehead atoms. The molecule has 0 radical (unpaired) electrons. The van der Waals surface area contributed by atoms with Gasteiger partial charge in [-0.3, -0.25) is 9.59 Å². The van der Waals surface area contributed by atoms with Gasteiger partial charge in [-0.15, -0.1) is 0 Å². The molecule has 4 aliphatic rings. The third kappa shape index (κ3) is 3.85. The zero-order chi connectivity index (χ0) is 22.6. The van der Waals surface area contributed by atoms with Crippen LogP contribution in [-0.4, -0.2) is 35.4 Å². The van der Waals surface area contributed by atoms with Gasteiger partial charge in [-0.1, -0.05) is 25.5 Å². The first kappa shape index (κ1) is 22.8. The number of hydrogen-bond donors (Lipinski definition) is 1. The van der Waals surface area contributed by atoms with Crippen LogP contribution in [0.3, 0.4) is 0 Å². The summed E-state index contributed by atoms with van der Waals surface area (Å²) < 4.78 is 10.8. The van der Waals surface area contributed by atoms with Crippen LogP contribution in [0.15, 0.2) is 11.6 Å². The van der Waals surface area contributed by atoms with Gasteiger partial charge in [0.05, 0.1) is 5.60 Å². The number of hydrogen-bond acceptors (Lipinski definition) is 5. The number of aliphatic hydroxyl groups is 1. The summed E-state index contributed by atoms with van der Waals surface area (Å²) in [6.07, 6.45) is 11.0. The third-order valence-corrected chi connectivity index (χ3v) is 9.71. The van der Waals surface area contributed by atoms with Gasteiger partial charge >= 0.3 is 11.9 Å². The molecule has 3 unspecified atom stereocenters. The highest BCUT2D eigenvalue weighted by Gasteiger charge is 2.61. The van der Waals surface area contributed by atoms with Gasteiger partial charge in [0.25, 0.3) is 0 Å². The minimum Gasteiger partial charge on any atom is -0.463 e. The van der Waals surface area contributed by atoms with Crippen molar-refractivity contribution in [3.05, 3.63) is 11.6 Å². The fourth-order valence-corrected chi connectivity index (χ4v) is 8.33. The van der Waals surface area contributed by atoms with Crippen molar-refractivity contribution in [2.24, 2.45) is 34.5 Å². The second-order valence-corrected chi connectivity index (χ2v) is 11.5. The Morgan fingerprint density at radius 3 is 2.52 bits per heavy atom. The summed E-state index contributed by atoms with van der Waals surface area (Å²) in [5.41, 5.74) is 0.816. The van der Waals surface area contributed by atoms with Gasteiger partial charge in [-0.2, -0.15) is 0 Å². The SMILES string of the molecule is CC(=O)OCC(C)(O)[C@@H]1CC[C@@H]2C3CC=C4C[C@H](OC(C)=O)CC[C@@]4(C)C3CC[C@]21C. The Morgan fingerprint density at radius 1 is 1.10 bits per heavy atom. The molecule has 1 N–H and O–H groups in total. The molecule has 3 fully saturated rings. The number of rotatable bonds is 4. The Hall–Kier alpha value is -1.36. The van der Waals surface area contributed by atoms with Crippen LogP contribution in [-0.2, 0) is 19.1 Å². The van der Waals surface area contributed by atoms with E-state index >= 15 is 0 Å². The molecule has 0 aromatic rings. The fourth-order valence-electron chi connectivity index (χ4n) is 8.33. The highest BCUT2D eigenvalue weighted by atomic mass is 16.5. The van der Waals surface area contributed by atoms with Gasteiger partial charge in [0, 0.05) is 20.3 Å². The van der Waals surface area contributed by atoms with Crippen LogP contribution in [0.2, 0.25) is 0 Å². The first-order valence-electron chi connectivity index (χ1n) is 12.2. The standard InChI is InChI=1S/C26H40O5/c1-16(27)30-15-26(5,29)23-9-8-21-20-7-6-18-14-19(31-17(2)28)10-12-24(18,3)22(20)11-13-25(21,23)4/h6,19-23,29H,7-15H2,1-5H3/t19-,20?,21-,22?,23-,24-,25-,26?/m1/s1. The van der Waals surface area contributed by atoms with E-state index in [9.17, 15) is 14.7 Å². The maximum absolute atomic E-state index is 11.4. The minimum absolute atomic E-state index is 0.0365. The van der Waals surface area contributed by atoms with Crippen molar-refractivity contribution in [1.82, 2.24) is 0 Å². The summed E-state index contributed by atoms with van der Waals surface area (Å²) in [6.45, 7) is 9.69. The molecule has 0 aromatic heterocycles. The summed E-state index contributed by atoms with van der Waals surface area (Å²) in [6, 6.07) is 0. The van der Waals surface area contributed by atoms with E-state index in [0.29, 0.717) is 17.8 Å². The van der Waals surface area contributed by atoms with Crippen LogP contribution >= 0.6 is 0 Å². The molecule has 4 rings (SSSR count). The quantitative estimate of drug-likeness (QED) is 0.510. The van der Waals surface area contributed by atoms with Crippen LogP contribution in [0, 0.1) is 34.5 Å². The van der Waals surface area contributed by atoms with E-state index in [1.165, 1.54) is 25.8 Å². The zero-order valence-electron chi connectivity index (χ0n) is 19.9. The van der Waals surface area contributed by atoms with Gasteiger partial charge < -0.3 is 14.6 Å². The highest BCUT2D eigenvalue weighted by Crippen LogP contribution is 2.67. The monoisotopic (exact) mass is 432 g/mol. The van der Waals surface area contributed by atoms with Gasteiger partial charge in [-0.05, 0) is 86.4 Å². The van der Waals surface area contributed by atoms with Crippen LogP contribution in [0.4, 0.5) is 0 Å². The molecule has 0 aromatic carbocycles. The summed E-state index contributed by atoms with van der Waals surface area (Å²) in [7, 11) is 0. The Balaban J connectivity index is 1.54. The normalized spacial score (nSPS) is 43.5. The molecule has 5 nitrogen and oxygen atoms in total. The maximum atomic E-state index is 11.4. The lowest BCUT2D eigenvalue weighted by atomic mass is 9.47. The maximum Gasteiger partial charge on any atom is 0.302 e. The Bertz CT molecular complexity index is 770. The van der Waals surface area contributed by atoms with Crippen molar-refractivity contribution in [2.75, 3.05) is 6.61 Å². The molecule has 5 heteroatoms. The smallest absolute Gasteiger partial charge is 0.302 e. The molecular formula is C26H40O5. The molecule has 4 aliphatic carbocycles. The summed E-state index contributed by atoms with van der Waals surface area (Å²) >= 11 is 0.